The lowest BCUT2D eigenvalue weighted by atomic mass is 9.85. The average molecular weight is 489 g/mol. The second kappa shape index (κ2) is 8.23. The predicted octanol–water partition coefficient (Wildman–Crippen LogP) is 5.87. The molecule has 6 heteroatoms. The fourth-order valence-corrected chi connectivity index (χ4v) is 5.65. The van der Waals surface area contributed by atoms with Gasteiger partial charge >= 0.3 is 0 Å². The normalized spacial score (nSPS) is 14.7. The quantitative estimate of drug-likeness (QED) is 0.337. The van der Waals surface area contributed by atoms with E-state index in [2.05, 4.69) is 0 Å². The Bertz CT molecular complexity index is 1630. The van der Waals surface area contributed by atoms with Gasteiger partial charge in [0.25, 0.3) is 23.6 Å². The molecule has 6 rings (SSSR count). The van der Waals surface area contributed by atoms with Crippen LogP contribution in [-0.4, -0.2) is 23.6 Å². The van der Waals surface area contributed by atoms with Crippen LogP contribution < -0.4 is 9.80 Å². The van der Waals surface area contributed by atoms with Gasteiger partial charge in [0, 0.05) is 33.0 Å². The highest BCUT2D eigenvalue weighted by atomic mass is 16.2. The first kappa shape index (κ1) is 22.9. The molecule has 0 atom stereocenters. The zero-order chi connectivity index (χ0) is 26.0. The number of aryl methyl sites for hydroxylation is 3. The van der Waals surface area contributed by atoms with Crippen LogP contribution in [0.15, 0.2) is 66.7 Å². The summed E-state index contributed by atoms with van der Waals surface area (Å²) in [6, 6.07) is 19.5. The van der Waals surface area contributed by atoms with Crippen molar-refractivity contribution in [3.8, 4) is 0 Å². The van der Waals surface area contributed by atoms with Crippen LogP contribution in [0.2, 0.25) is 0 Å². The zero-order valence-electron chi connectivity index (χ0n) is 20.8. The Morgan fingerprint density at radius 1 is 0.541 bits per heavy atom. The third-order valence-electron chi connectivity index (χ3n) is 7.43. The summed E-state index contributed by atoms with van der Waals surface area (Å²) in [6.45, 7) is 5.83. The van der Waals surface area contributed by atoms with Crippen molar-refractivity contribution < 1.29 is 19.2 Å². The number of rotatable bonds is 4. The molecule has 4 aromatic carbocycles. The highest BCUT2D eigenvalue weighted by Crippen LogP contribution is 2.41. The van der Waals surface area contributed by atoms with Gasteiger partial charge in [-0.25, -0.2) is 9.80 Å². The molecule has 0 N–H and O–H groups in total. The second-order valence-electron chi connectivity index (χ2n) is 9.38. The van der Waals surface area contributed by atoms with Crippen LogP contribution in [0, 0.1) is 6.92 Å². The minimum atomic E-state index is -0.461. The third kappa shape index (κ3) is 3.05. The Morgan fingerprint density at radius 2 is 1.00 bits per heavy atom. The van der Waals surface area contributed by atoms with E-state index in [1.807, 2.05) is 51.1 Å². The summed E-state index contributed by atoms with van der Waals surface area (Å²) in [6.07, 6.45) is 1.32. The van der Waals surface area contributed by atoms with Crippen molar-refractivity contribution in [2.75, 3.05) is 9.80 Å². The van der Waals surface area contributed by atoms with Crippen molar-refractivity contribution >= 4 is 45.8 Å². The molecular weight excluding hydrogens is 464 g/mol. The monoisotopic (exact) mass is 488 g/mol. The van der Waals surface area contributed by atoms with E-state index in [1.165, 1.54) is 9.80 Å². The number of imide groups is 2. The molecule has 4 aromatic rings. The molecule has 2 heterocycles. The Labute approximate surface area is 214 Å². The first-order valence-corrected chi connectivity index (χ1v) is 12.4. The molecule has 37 heavy (non-hydrogen) atoms. The lowest BCUT2D eigenvalue weighted by molar-refractivity contribution is 0.0872. The van der Waals surface area contributed by atoms with Crippen LogP contribution in [-0.2, 0) is 12.8 Å². The Kier molecular flexibility index (Phi) is 5.09. The first-order valence-electron chi connectivity index (χ1n) is 12.4. The number of amides is 4. The van der Waals surface area contributed by atoms with Crippen LogP contribution in [0.1, 0.15) is 72.0 Å². The largest absolute Gasteiger partial charge is 0.268 e. The number of hydrogen-bond acceptors (Lipinski definition) is 4. The van der Waals surface area contributed by atoms with E-state index in [0.717, 1.165) is 16.7 Å². The summed E-state index contributed by atoms with van der Waals surface area (Å²) in [5.41, 5.74) is 4.96. The molecule has 0 spiro atoms. The molecule has 182 valence electrons. The molecule has 0 saturated heterocycles. The third-order valence-corrected chi connectivity index (χ3v) is 7.43. The minimum Gasteiger partial charge on any atom is -0.268 e. The van der Waals surface area contributed by atoms with Crippen LogP contribution in [0.4, 0.5) is 11.4 Å². The van der Waals surface area contributed by atoms with E-state index >= 15 is 0 Å². The van der Waals surface area contributed by atoms with E-state index in [4.69, 9.17) is 0 Å². The molecule has 2 aliphatic rings. The fraction of sp³-hybridized carbons (Fsp3) is 0.161. The average Bonchev–Trinajstić information content (AvgIpc) is 2.91. The van der Waals surface area contributed by atoms with E-state index in [9.17, 15) is 19.2 Å². The number of carbonyl (C=O) groups is 4. The van der Waals surface area contributed by atoms with Gasteiger partial charge in [0.1, 0.15) is 0 Å². The summed E-state index contributed by atoms with van der Waals surface area (Å²) in [4.78, 5) is 57.5. The van der Waals surface area contributed by atoms with E-state index < -0.39 is 23.6 Å². The molecule has 0 fully saturated rings. The number of carbonyl (C=O) groups excluding carboxylic acids is 4. The smallest absolute Gasteiger partial charge is 0.266 e. The summed E-state index contributed by atoms with van der Waals surface area (Å²) >= 11 is 0. The van der Waals surface area contributed by atoms with Crippen molar-refractivity contribution in [3.63, 3.8) is 0 Å². The van der Waals surface area contributed by atoms with Gasteiger partial charge in [-0.2, -0.15) is 0 Å². The molecular formula is C31H24N2O4. The standard InChI is InChI=1S/C31H24N2O4/c1-4-18-10-6-7-12-24(18)32-28(34)20-13-15-22-26-23(16-14-21(25(20)26)29(32)35)31(37)33(30(22)36)27-17(3)9-8-11-19(27)5-2/h6-16H,4-5H2,1-3H3. The maximum Gasteiger partial charge on any atom is 0.266 e. The zero-order valence-corrected chi connectivity index (χ0v) is 20.8. The number of para-hydroxylation sites is 2. The van der Waals surface area contributed by atoms with Gasteiger partial charge in [-0.1, -0.05) is 50.2 Å². The fourth-order valence-electron chi connectivity index (χ4n) is 5.65. The number of nitrogens with zero attached hydrogens (tertiary/aromatic N) is 2. The molecule has 0 saturated carbocycles. The van der Waals surface area contributed by atoms with Gasteiger partial charge < -0.3 is 0 Å². The SMILES string of the molecule is CCc1ccccc1N1C(=O)c2ccc3c4c(ccc(c24)C1=O)C(=O)N(c1c(C)cccc1CC)C3=O. The number of anilines is 2. The van der Waals surface area contributed by atoms with Crippen molar-refractivity contribution in [1.29, 1.82) is 0 Å². The van der Waals surface area contributed by atoms with Crippen molar-refractivity contribution in [2.45, 2.75) is 33.6 Å². The van der Waals surface area contributed by atoms with Crippen LogP contribution in [0.3, 0.4) is 0 Å². The maximum absolute atomic E-state index is 13.8. The maximum atomic E-state index is 13.8. The second-order valence-corrected chi connectivity index (χ2v) is 9.38. The number of benzene rings is 4. The van der Waals surface area contributed by atoms with Gasteiger partial charge in [0.15, 0.2) is 0 Å². The predicted molar refractivity (Wildman–Crippen MR) is 143 cm³/mol. The first-order chi connectivity index (χ1) is 17.9. The lowest BCUT2D eigenvalue weighted by Crippen LogP contribution is -2.44. The molecule has 4 amide bonds. The van der Waals surface area contributed by atoms with Gasteiger partial charge in [0.2, 0.25) is 0 Å². The molecule has 0 radical (unpaired) electrons. The minimum absolute atomic E-state index is 0.306. The van der Waals surface area contributed by atoms with E-state index in [0.29, 0.717) is 57.2 Å². The molecule has 0 bridgehead atoms. The van der Waals surface area contributed by atoms with Gasteiger partial charge in [-0.15, -0.1) is 0 Å². The van der Waals surface area contributed by atoms with E-state index in [1.54, 1.807) is 36.4 Å². The highest BCUT2D eigenvalue weighted by molar-refractivity contribution is 6.42. The summed E-state index contributed by atoms with van der Waals surface area (Å²) in [5, 5.41) is 0.745. The highest BCUT2D eigenvalue weighted by Gasteiger charge is 2.41. The Balaban J connectivity index is 1.57. The van der Waals surface area contributed by atoms with Crippen LogP contribution >= 0.6 is 0 Å². The van der Waals surface area contributed by atoms with Gasteiger partial charge in [-0.3, -0.25) is 19.2 Å². The number of hydrogen-bond donors (Lipinski definition) is 0. The summed E-state index contributed by atoms with van der Waals surface area (Å²) < 4.78 is 0. The topological polar surface area (TPSA) is 74.8 Å². The summed E-state index contributed by atoms with van der Waals surface area (Å²) in [5.74, 6) is -1.83. The van der Waals surface area contributed by atoms with Crippen molar-refractivity contribution in [3.05, 3.63) is 106 Å². The Morgan fingerprint density at radius 3 is 1.51 bits per heavy atom. The summed E-state index contributed by atoms with van der Waals surface area (Å²) in [7, 11) is 0. The molecule has 0 aliphatic carbocycles. The Hall–Kier alpha value is -4.58. The molecule has 6 nitrogen and oxygen atoms in total. The lowest BCUT2D eigenvalue weighted by Gasteiger charge is -2.33. The van der Waals surface area contributed by atoms with Gasteiger partial charge in [-0.05, 0) is 66.8 Å². The molecule has 2 aliphatic heterocycles. The van der Waals surface area contributed by atoms with Crippen LogP contribution in [0.5, 0.6) is 0 Å². The van der Waals surface area contributed by atoms with Crippen molar-refractivity contribution in [2.24, 2.45) is 0 Å². The molecule has 0 aromatic heterocycles. The van der Waals surface area contributed by atoms with Crippen molar-refractivity contribution in [1.82, 2.24) is 0 Å². The molecule has 0 unspecified atom stereocenters. The van der Waals surface area contributed by atoms with E-state index in [-0.39, 0.29) is 0 Å². The van der Waals surface area contributed by atoms with Gasteiger partial charge in [0.05, 0.1) is 11.4 Å². The van der Waals surface area contributed by atoms with Crippen LogP contribution in [0.25, 0.3) is 10.8 Å².